The first-order valence-corrected chi connectivity index (χ1v) is 3.53. The van der Waals surface area contributed by atoms with Crippen molar-refractivity contribution < 1.29 is 4.79 Å². The summed E-state index contributed by atoms with van der Waals surface area (Å²) in [7, 11) is 0. The highest BCUT2D eigenvalue weighted by molar-refractivity contribution is 5.84. The molecule has 0 spiro atoms. The molecule has 0 bridgehead atoms. The minimum absolute atomic E-state index is 0.178. The SMILES string of the molecule is CCC1(CC)CC(=O)N1. The maximum atomic E-state index is 10.5. The van der Waals surface area contributed by atoms with E-state index in [9.17, 15) is 4.79 Å². The largest absolute Gasteiger partial charge is 0.350 e. The summed E-state index contributed by atoms with van der Waals surface area (Å²) < 4.78 is 0. The van der Waals surface area contributed by atoms with Gasteiger partial charge >= 0.3 is 0 Å². The summed E-state index contributed by atoms with van der Waals surface area (Å²) >= 11 is 0. The number of carbonyl (C=O) groups is 1. The van der Waals surface area contributed by atoms with Crippen LogP contribution in [0.15, 0.2) is 0 Å². The molecule has 0 saturated carbocycles. The van der Waals surface area contributed by atoms with Crippen molar-refractivity contribution in [3.63, 3.8) is 0 Å². The van der Waals surface area contributed by atoms with Crippen LogP contribution in [0.1, 0.15) is 33.1 Å². The van der Waals surface area contributed by atoms with Crippen molar-refractivity contribution in [1.82, 2.24) is 5.32 Å². The fraction of sp³-hybridized carbons (Fsp3) is 0.857. The molecule has 0 aromatic rings. The van der Waals surface area contributed by atoms with Crippen LogP contribution in [0.4, 0.5) is 0 Å². The monoisotopic (exact) mass is 127 g/mol. The topological polar surface area (TPSA) is 29.1 Å². The molecule has 0 aliphatic carbocycles. The number of hydrogen-bond donors (Lipinski definition) is 1. The number of carbonyl (C=O) groups excluding carboxylic acids is 1. The Bertz CT molecular complexity index is 117. The summed E-state index contributed by atoms with van der Waals surface area (Å²) in [6.07, 6.45) is 2.87. The molecule has 2 heteroatoms. The molecule has 1 heterocycles. The molecule has 0 aromatic carbocycles. The van der Waals surface area contributed by atoms with E-state index in [1.165, 1.54) is 0 Å². The van der Waals surface area contributed by atoms with E-state index in [1.807, 2.05) is 0 Å². The highest BCUT2D eigenvalue weighted by Crippen LogP contribution is 2.26. The van der Waals surface area contributed by atoms with Crippen LogP contribution in [-0.4, -0.2) is 11.4 Å². The second-order valence-corrected chi connectivity index (χ2v) is 2.71. The van der Waals surface area contributed by atoms with Crippen LogP contribution in [-0.2, 0) is 4.79 Å². The second-order valence-electron chi connectivity index (χ2n) is 2.71. The average molecular weight is 127 g/mol. The molecular weight excluding hydrogens is 114 g/mol. The van der Waals surface area contributed by atoms with E-state index in [0.717, 1.165) is 19.3 Å². The molecule has 2 nitrogen and oxygen atoms in total. The molecule has 1 N–H and O–H groups in total. The van der Waals surface area contributed by atoms with Gasteiger partial charge in [-0.05, 0) is 12.8 Å². The molecule has 52 valence electrons. The van der Waals surface area contributed by atoms with Gasteiger partial charge in [-0.1, -0.05) is 13.8 Å². The average Bonchev–Trinajstić information content (AvgIpc) is 1.81. The lowest BCUT2D eigenvalue weighted by Crippen LogP contribution is -2.60. The standard InChI is InChI=1S/C7H13NO/c1-3-7(4-2)5-6(9)8-7/h3-5H2,1-2H3,(H,8,9). The Morgan fingerprint density at radius 1 is 1.56 bits per heavy atom. The number of amides is 1. The van der Waals surface area contributed by atoms with Crippen LogP contribution in [0, 0.1) is 0 Å². The maximum absolute atomic E-state index is 10.5. The zero-order chi connectivity index (χ0) is 6.91. The lowest BCUT2D eigenvalue weighted by Gasteiger charge is -2.40. The van der Waals surface area contributed by atoms with E-state index < -0.39 is 0 Å². The molecule has 1 fully saturated rings. The summed E-state index contributed by atoms with van der Waals surface area (Å²) in [6.45, 7) is 4.23. The van der Waals surface area contributed by atoms with Gasteiger partial charge in [-0.3, -0.25) is 4.79 Å². The van der Waals surface area contributed by atoms with Crippen molar-refractivity contribution in [1.29, 1.82) is 0 Å². The van der Waals surface area contributed by atoms with Crippen LogP contribution < -0.4 is 5.32 Å². The van der Waals surface area contributed by atoms with Crippen molar-refractivity contribution in [2.75, 3.05) is 0 Å². The van der Waals surface area contributed by atoms with Gasteiger partial charge in [0.15, 0.2) is 0 Å². The van der Waals surface area contributed by atoms with Crippen LogP contribution in [0.25, 0.3) is 0 Å². The van der Waals surface area contributed by atoms with Crippen molar-refractivity contribution >= 4 is 5.91 Å². The van der Waals surface area contributed by atoms with E-state index in [4.69, 9.17) is 0 Å². The molecule has 9 heavy (non-hydrogen) atoms. The Morgan fingerprint density at radius 3 is 2.11 bits per heavy atom. The predicted octanol–water partition coefficient (Wildman–Crippen LogP) is 1.07. The van der Waals surface area contributed by atoms with Gasteiger partial charge in [-0.2, -0.15) is 0 Å². The fourth-order valence-electron chi connectivity index (χ4n) is 1.26. The molecule has 0 aromatic heterocycles. The molecule has 0 radical (unpaired) electrons. The van der Waals surface area contributed by atoms with E-state index in [0.29, 0.717) is 0 Å². The lowest BCUT2D eigenvalue weighted by molar-refractivity contribution is -0.133. The van der Waals surface area contributed by atoms with Gasteiger partial charge in [-0.15, -0.1) is 0 Å². The third-order valence-electron chi connectivity index (χ3n) is 2.26. The second kappa shape index (κ2) is 2.01. The maximum Gasteiger partial charge on any atom is 0.222 e. The quantitative estimate of drug-likeness (QED) is 0.552. The highest BCUT2D eigenvalue weighted by Gasteiger charge is 2.38. The van der Waals surface area contributed by atoms with Gasteiger partial charge in [0.25, 0.3) is 0 Å². The fourth-order valence-corrected chi connectivity index (χ4v) is 1.26. The molecule has 1 aliphatic rings. The number of rotatable bonds is 2. The van der Waals surface area contributed by atoms with Crippen molar-refractivity contribution in [3.05, 3.63) is 0 Å². The number of β-lactam (4-membered cyclic amide) rings is 1. The Hall–Kier alpha value is -0.530. The normalized spacial score (nSPS) is 22.7. The minimum atomic E-state index is 0.178. The van der Waals surface area contributed by atoms with Crippen LogP contribution in [0.3, 0.4) is 0 Å². The van der Waals surface area contributed by atoms with Gasteiger partial charge in [0.1, 0.15) is 0 Å². The van der Waals surface area contributed by atoms with Crippen molar-refractivity contribution in [2.45, 2.75) is 38.6 Å². The van der Waals surface area contributed by atoms with Gasteiger partial charge in [0, 0.05) is 12.0 Å². The summed E-state index contributed by atoms with van der Waals surface area (Å²) in [5.41, 5.74) is 0.178. The minimum Gasteiger partial charge on any atom is -0.350 e. The van der Waals surface area contributed by atoms with Crippen molar-refractivity contribution in [3.8, 4) is 0 Å². The third kappa shape index (κ3) is 0.934. The first-order valence-electron chi connectivity index (χ1n) is 3.53. The molecule has 1 saturated heterocycles. The smallest absolute Gasteiger partial charge is 0.222 e. The molecule has 1 amide bonds. The molecule has 0 atom stereocenters. The highest BCUT2D eigenvalue weighted by atomic mass is 16.2. The third-order valence-corrected chi connectivity index (χ3v) is 2.26. The van der Waals surface area contributed by atoms with Crippen LogP contribution in [0.2, 0.25) is 0 Å². The lowest BCUT2D eigenvalue weighted by atomic mass is 9.82. The molecule has 0 unspecified atom stereocenters. The summed E-state index contributed by atoms with van der Waals surface area (Å²) in [5, 5.41) is 2.92. The van der Waals surface area contributed by atoms with E-state index in [-0.39, 0.29) is 11.4 Å². The molecule has 1 aliphatic heterocycles. The summed E-state index contributed by atoms with van der Waals surface area (Å²) in [5.74, 6) is 0.207. The Kier molecular flexibility index (Phi) is 1.47. The Labute approximate surface area is 55.6 Å². The summed E-state index contributed by atoms with van der Waals surface area (Å²) in [6, 6.07) is 0. The van der Waals surface area contributed by atoms with Crippen molar-refractivity contribution in [2.24, 2.45) is 0 Å². The zero-order valence-electron chi connectivity index (χ0n) is 6.03. The zero-order valence-corrected chi connectivity index (χ0v) is 6.03. The van der Waals surface area contributed by atoms with E-state index in [1.54, 1.807) is 0 Å². The molecule has 1 rings (SSSR count). The number of nitrogens with one attached hydrogen (secondary N) is 1. The van der Waals surface area contributed by atoms with Gasteiger partial charge < -0.3 is 5.32 Å². The van der Waals surface area contributed by atoms with E-state index in [2.05, 4.69) is 19.2 Å². The predicted molar refractivity (Wildman–Crippen MR) is 36.1 cm³/mol. The first kappa shape index (κ1) is 6.59. The Balaban J connectivity index is 2.44. The number of hydrogen-bond acceptors (Lipinski definition) is 1. The van der Waals surface area contributed by atoms with Gasteiger partial charge in [0.2, 0.25) is 5.91 Å². The first-order chi connectivity index (χ1) is 4.22. The van der Waals surface area contributed by atoms with Gasteiger partial charge in [-0.25, -0.2) is 0 Å². The van der Waals surface area contributed by atoms with E-state index >= 15 is 0 Å². The summed E-state index contributed by atoms with van der Waals surface area (Å²) in [4.78, 5) is 10.5. The van der Waals surface area contributed by atoms with Crippen LogP contribution in [0.5, 0.6) is 0 Å². The molecular formula is C7H13NO. The Morgan fingerprint density at radius 2 is 2.00 bits per heavy atom. The van der Waals surface area contributed by atoms with Crippen LogP contribution >= 0.6 is 0 Å². The van der Waals surface area contributed by atoms with Gasteiger partial charge in [0.05, 0.1) is 0 Å².